The third-order valence-corrected chi connectivity index (χ3v) is 2.94. The maximum Gasteiger partial charge on any atom is 0.433 e. The number of aromatic nitrogens is 2. The number of rotatable bonds is 2. The Bertz CT molecular complexity index is 448. The van der Waals surface area contributed by atoms with Gasteiger partial charge in [-0.3, -0.25) is 0 Å². The lowest BCUT2D eigenvalue weighted by Crippen LogP contribution is -2.29. The monoisotopic (exact) mass is 261 g/mol. The molecule has 7 heteroatoms. The van der Waals surface area contributed by atoms with Crippen molar-refractivity contribution in [2.45, 2.75) is 32.2 Å². The molecule has 1 N–H and O–H groups in total. The fourth-order valence-electron chi connectivity index (χ4n) is 1.90. The highest BCUT2D eigenvalue weighted by atomic mass is 19.4. The van der Waals surface area contributed by atoms with E-state index in [0.29, 0.717) is 25.2 Å². The maximum absolute atomic E-state index is 13.0. The molecule has 2 rings (SSSR count). The van der Waals surface area contributed by atoms with E-state index < -0.39 is 18.0 Å². The first-order chi connectivity index (χ1) is 8.43. The van der Waals surface area contributed by atoms with Gasteiger partial charge in [-0.1, -0.05) is 0 Å². The molecule has 1 aliphatic heterocycles. The molecule has 1 unspecified atom stereocenters. The summed E-state index contributed by atoms with van der Waals surface area (Å²) >= 11 is 0. The summed E-state index contributed by atoms with van der Waals surface area (Å²) < 4.78 is 43.9. The van der Waals surface area contributed by atoms with Gasteiger partial charge in [-0.2, -0.15) is 13.2 Å². The van der Waals surface area contributed by atoms with Gasteiger partial charge in [0.1, 0.15) is 6.10 Å². The molecule has 0 bridgehead atoms. The van der Waals surface area contributed by atoms with Crippen LogP contribution in [0.1, 0.15) is 35.8 Å². The molecule has 1 atom stereocenters. The summed E-state index contributed by atoms with van der Waals surface area (Å²) in [5.41, 5.74) is -0.205. The standard InChI is InChI=1S/C11H14F3N3O/c1-6(18-2)10-16-8-5-15-4-3-7(8)9(17-10)11(12,13)14/h6,15H,3-5H2,1-2H3. The maximum atomic E-state index is 13.0. The van der Waals surface area contributed by atoms with Crippen LogP contribution in [0.5, 0.6) is 0 Å². The molecule has 0 aliphatic carbocycles. The van der Waals surface area contributed by atoms with Crippen molar-refractivity contribution in [3.8, 4) is 0 Å². The summed E-state index contributed by atoms with van der Waals surface area (Å²) in [4.78, 5) is 7.80. The zero-order chi connectivity index (χ0) is 13.3. The zero-order valence-corrected chi connectivity index (χ0v) is 10.1. The van der Waals surface area contributed by atoms with Crippen LogP contribution >= 0.6 is 0 Å². The number of nitrogens with zero attached hydrogens (tertiary/aromatic N) is 2. The minimum atomic E-state index is -4.45. The van der Waals surface area contributed by atoms with Crippen LogP contribution in [0.15, 0.2) is 0 Å². The van der Waals surface area contributed by atoms with Crippen molar-refractivity contribution in [2.24, 2.45) is 0 Å². The van der Waals surface area contributed by atoms with Gasteiger partial charge >= 0.3 is 6.18 Å². The van der Waals surface area contributed by atoms with Crippen molar-refractivity contribution in [3.63, 3.8) is 0 Å². The van der Waals surface area contributed by atoms with E-state index in [2.05, 4.69) is 15.3 Å². The Morgan fingerprint density at radius 1 is 1.33 bits per heavy atom. The first kappa shape index (κ1) is 13.2. The number of alkyl halides is 3. The Balaban J connectivity index is 2.55. The van der Waals surface area contributed by atoms with Crippen molar-refractivity contribution in [2.75, 3.05) is 13.7 Å². The number of halogens is 3. The van der Waals surface area contributed by atoms with Gasteiger partial charge in [0.2, 0.25) is 0 Å². The van der Waals surface area contributed by atoms with Crippen molar-refractivity contribution >= 4 is 0 Å². The molecule has 1 aromatic heterocycles. The highest BCUT2D eigenvalue weighted by Gasteiger charge is 2.38. The Morgan fingerprint density at radius 3 is 2.67 bits per heavy atom. The van der Waals surface area contributed by atoms with Gasteiger partial charge in [-0.05, 0) is 19.9 Å². The van der Waals surface area contributed by atoms with E-state index in [1.54, 1.807) is 6.92 Å². The first-order valence-electron chi connectivity index (χ1n) is 5.64. The smallest absolute Gasteiger partial charge is 0.374 e. The van der Waals surface area contributed by atoms with Crippen molar-refractivity contribution in [1.82, 2.24) is 15.3 Å². The minimum absolute atomic E-state index is 0.0762. The molecular formula is C11H14F3N3O. The lowest BCUT2D eigenvalue weighted by Gasteiger charge is -2.22. The normalized spacial score (nSPS) is 17.4. The highest BCUT2D eigenvalue weighted by Crippen LogP contribution is 2.33. The van der Waals surface area contributed by atoms with Crippen LogP contribution in [0.3, 0.4) is 0 Å². The average molecular weight is 261 g/mol. The fraction of sp³-hybridized carbons (Fsp3) is 0.636. The van der Waals surface area contributed by atoms with E-state index >= 15 is 0 Å². The van der Waals surface area contributed by atoms with E-state index in [9.17, 15) is 13.2 Å². The van der Waals surface area contributed by atoms with Crippen LogP contribution in [0.4, 0.5) is 13.2 Å². The van der Waals surface area contributed by atoms with Crippen molar-refractivity contribution in [1.29, 1.82) is 0 Å². The molecule has 0 radical (unpaired) electrons. The molecule has 0 saturated carbocycles. The summed E-state index contributed by atoms with van der Waals surface area (Å²) in [5.74, 6) is 0.0762. The van der Waals surface area contributed by atoms with Gasteiger partial charge in [0.15, 0.2) is 11.5 Å². The third-order valence-electron chi connectivity index (χ3n) is 2.94. The van der Waals surface area contributed by atoms with E-state index in [1.807, 2.05) is 0 Å². The minimum Gasteiger partial charge on any atom is -0.374 e. The summed E-state index contributed by atoms with van der Waals surface area (Å²) in [6.07, 6.45) is -4.71. The van der Waals surface area contributed by atoms with Crippen LogP contribution in [0.25, 0.3) is 0 Å². The fourth-order valence-corrected chi connectivity index (χ4v) is 1.90. The molecule has 1 aromatic rings. The van der Waals surface area contributed by atoms with Crippen molar-refractivity contribution in [3.05, 3.63) is 22.8 Å². The largest absolute Gasteiger partial charge is 0.433 e. The number of fused-ring (bicyclic) bond motifs is 1. The third kappa shape index (κ3) is 2.46. The van der Waals surface area contributed by atoms with E-state index in [-0.39, 0.29) is 11.4 Å². The molecule has 100 valence electrons. The average Bonchev–Trinajstić information content (AvgIpc) is 2.35. The van der Waals surface area contributed by atoms with Crippen LogP contribution < -0.4 is 5.32 Å². The van der Waals surface area contributed by atoms with Gasteiger partial charge < -0.3 is 10.1 Å². The molecule has 0 saturated heterocycles. The molecule has 0 fully saturated rings. The number of hydrogen-bond acceptors (Lipinski definition) is 4. The Morgan fingerprint density at radius 2 is 2.06 bits per heavy atom. The molecule has 18 heavy (non-hydrogen) atoms. The lowest BCUT2D eigenvalue weighted by molar-refractivity contribution is -0.142. The van der Waals surface area contributed by atoms with Gasteiger partial charge in [-0.15, -0.1) is 0 Å². The summed E-state index contributed by atoms with van der Waals surface area (Å²) in [6.45, 7) is 2.47. The highest BCUT2D eigenvalue weighted by molar-refractivity contribution is 5.30. The predicted octanol–water partition coefficient (Wildman–Crippen LogP) is 1.85. The van der Waals surface area contributed by atoms with Gasteiger partial charge in [-0.25, -0.2) is 9.97 Å². The number of ether oxygens (including phenoxy) is 1. The molecule has 1 aliphatic rings. The van der Waals surface area contributed by atoms with E-state index in [0.717, 1.165) is 0 Å². The quantitative estimate of drug-likeness (QED) is 0.882. The summed E-state index contributed by atoms with van der Waals surface area (Å²) in [5, 5.41) is 3.01. The molecule has 0 aromatic carbocycles. The van der Waals surface area contributed by atoms with Crippen LogP contribution in [-0.4, -0.2) is 23.6 Å². The number of methoxy groups -OCH3 is 1. The molecule has 0 amide bonds. The second kappa shape index (κ2) is 4.81. The van der Waals surface area contributed by atoms with Crippen LogP contribution in [0, 0.1) is 0 Å². The predicted molar refractivity (Wildman–Crippen MR) is 57.9 cm³/mol. The molecule has 0 spiro atoms. The molecule has 4 nitrogen and oxygen atoms in total. The molecular weight excluding hydrogens is 247 g/mol. The number of hydrogen-bond donors (Lipinski definition) is 1. The number of nitrogens with one attached hydrogen (secondary N) is 1. The van der Waals surface area contributed by atoms with Crippen LogP contribution in [-0.2, 0) is 23.9 Å². The Hall–Kier alpha value is -1.21. The van der Waals surface area contributed by atoms with Gasteiger partial charge in [0.25, 0.3) is 0 Å². The Labute approximate surface area is 103 Å². The zero-order valence-electron chi connectivity index (χ0n) is 10.1. The second-order valence-corrected chi connectivity index (χ2v) is 4.16. The molecule has 2 heterocycles. The van der Waals surface area contributed by atoms with Gasteiger partial charge in [0, 0.05) is 19.2 Å². The van der Waals surface area contributed by atoms with Crippen LogP contribution in [0.2, 0.25) is 0 Å². The van der Waals surface area contributed by atoms with E-state index in [4.69, 9.17) is 4.74 Å². The van der Waals surface area contributed by atoms with Gasteiger partial charge in [0.05, 0.1) is 5.69 Å². The first-order valence-corrected chi connectivity index (χ1v) is 5.64. The lowest BCUT2D eigenvalue weighted by atomic mass is 10.0. The van der Waals surface area contributed by atoms with E-state index in [1.165, 1.54) is 7.11 Å². The second-order valence-electron chi connectivity index (χ2n) is 4.16. The Kier molecular flexibility index (Phi) is 3.54. The summed E-state index contributed by atoms with van der Waals surface area (Å²) in [7, 11) is 1.42. The topological polar surface area (TPSA) is 47.0 Å². The summed E-state index contributed by atoms with van der Waals surface area (Å²) in [6, 6.07) is 0. The SMILES string of the molecule is COC(C)c1nc2c(c(C(F)(F)F)n1)CCNC2. The van der Waals surface area contributed by atoms with Crippen molar-refractivity contribution < 1.29 is 17.9 Å².